The van der Waals surface area contributed by atoms with Crippen LogP contribution in [0, 0.1) is 12.7 Å². The van der Waals surface area contributed by atoms with Gasteiger partial charge in [-0.05, 0) is 37.5 Å². The Morgan fingerprint density at radius 3 is 2.60 bits per heavy atom. The van der Waals surface area contributed by atoms with Crippen LogP contribution in [-0.2, 0) is 5.41 Å². The average molecular weight is 277 g/mol. The number of nitrogens with zero attached hydrogens (tertiary/aromatic N) is 2. The van der Waals surface area contributed by atoms with Crippen LogP contribution in [0.1, 0.15) is 38.1 Å². The first-order chi connectivity index (χ1) is 9.56. The van der Waals surface area contributed by atoms with E-state index in [2.05, 4.69) is 10.1 Å². The van der Waals surface area contributed by atoms with Gasteiger partial charge in [0.2, 0.25) is 11.7 Å². The van der Waals surface area contributed by atoms with Gasteiger partial charge in [0.05, 0.1) is 5.41 Å². The molecule has 108 valence electrons. The molecule has 1 aromatic heterocycles. The van der Waals surface area contributed by atoms with Gasteiger partial charge in [-0.3, -0.25) is 0 Å². The first kappa shape index (κ1) is 14.7. The lowest BCUT2D eigenvalue weighted by molar-refractivity contribution is 0.267. The highest BCUT2D eigenvalue weighted by Crippen LogP contribution is 2.31. The van der Waals surface area contributed by atoms with Gasteiger partial charge in [0.25, 0.3) is 0 Å². The Morgan fingerprint density at radius 2 is 2.00 bits per heavy atom. The van der Waals surface area contributed by atoms with Gasteiger partial charge in [-0.2, -0.15) is 4.98 Å². The molecule has 0 aliphatic rings. The van der Waals surface area contributed by atoms with Crippen molar-refractivity contribution in [3.05, 3.63) is 35.5 Å². The molecular formula is C15H20FN3O. The maximum absolute atomic E-state index is 13.4. The lowest BCUT2D eigenvalue weighted by Gasteiger charge is -2.24. The monoisotopic (exact) mass is 277 g/mol. The van der Waals surface area contributed by atoms with E-state index in [1.807, 2.05) is 20.8 Å². The van der Waals surface area contributed by atoms with Gasteiger partial charge in [-0.15, -0.1) is 0 Å². The molecule has 0 atom stereocenters. The molecule has 0 fully saturated rings. The van der Waals surface area contributed by atoms with E-state index in [1.54, 1.807) is 6.07 Å². The fourth-order valence-electron chi connectivity index (χ4n) is 2.31. The third kappa shape index (κ3) is 2.45. The number of nitrogens with two attached hydrogens (primary N) is 1. The van der Waals surface area contributed by atoms with Crippen LogP contribution in [0.3, 0.4) is 0 Å². The van der Waals surface area contributed by atoms with Gasteiger partial charge in [-0.1, -0.05) is 25.1 Å². The third-order valence-electron chi connectivity index (χ3n) is 4.06. The van der Waals surface area contributed by atoms with Crippen LogP contribution >= 0.6 is 0 Å². The van der Waals surface area contributed by atoms with Crippen LogP contribution in [0.25, 0.3) is 11.4 Å². The van der Waals surface area contributed by atoms with Gasteiger partial charge in [0, 0.05) is 12.1 Å². The number of halogens is 1. The van der Waals surface area contributed by atoms with Crippen LogP contribution in [0.4, 0.5) is 4.39 Å². The zero-order chi connectivity index (χ0) is 14.8. The molecule has 5 heteroatoms. The molecule has 0 unspecified atom stereocenters. The molecule has 0 aliphatic heterocycles. The van der Waals surface area contributed by atoms with Crippen LogP contribution in [0.2, 0.25) is 0 Å². The van der Waals surface area contributed by atoms with Crippen molar-refractivity contribution in [2.75, 3.05) is 6.54 Å². The molecule has 20 heavy (non-hydrogen) atoms. The van der Waals surface area contributed by atoms with Crippen molar-refractivity contribution in [3.8, 4) is 11.4 Å². The number of rotatable bonds is 5. The van der Waals surface area contributed by atoms with Crippen molar-refractivity contribution in [3.63, 3.8) is 0 Å². The number of benzene rings is 1. The number of hydrogen-bond donors (Lipinski definition) is 1. The smallest absolute Gasteiger partial charge is 0.234 e. The molecule has 0 aliphatic carbocycles. The minimum atomic E-state index is -0.312. The number of aryl methyl sites for hydroxylation is 1. The van der Waals surface area contributed by atoms with E-state index >= 15 is 0 Å². The minimum absolute atomic E-state index is 0.299. The Balaban J connectivity index is 2.45. The second-order valence-corrected chi connectivity index (χ2v) is 5.07. The van der Waals surface area contributed by atoms with Crippen LogP contribution in [-0.4, -0.2) is 16.7 Å². The molecule has 1 aromatic carbocycles. The predicted octanol–water partition coefficient (Wildman–Crippen LogP) is 3.20. The normalized spacial score (nSPS) is 11.8. The molecular weight excluding hydrogens is 257 g/mol. The first-order valence-corrected chi connectivity index (χ1v) is 6.87. The van der Waals surface area contributed by atoms with E-state index in [1.165, 1.54) is 12.1 Å². The van der Waals surface area contributed by atoms with Crippen molar-refractivity contribution < 1.29 is 8.91 Å². The van der Waals surface area contributed by atoms with E-state index in [0.29, 0.717) is 23.8 Å². The van der Waals surface area contributed by atoms with Crippen LogP contribution in [0.5, 0.6) is 0 Å². The summed E-state index contributed by atoms with van der Waals surface area (Å²) in [6.07, 6.45) is 1.65. The standard InChI is InChI=1S/C15H20FN3O/c1-4-15(5-2,9-17)14-18-13(19-20-14)12-8-11(16)7-6-10(12)3/h6-8H,4-5,9,17H2,1-3H3. The SMILES string of the molecule is CCC(CC)(CN)c1nc(-c2cc(F)ccc2C)no1. The Bertz CT molecular complexity index is 582. The van der Waals surface area contributed by atoms with Crippen molar-refractivity contribution >= 4 is 0 Å². The molecule has 0 amide bonds. The lowest BCUT2D eigenvalue weighted by Crippen LogP contribution is -2.34. The quantitative estimate of drug-likeness (QED) is 0.911. The summed E-state index contributed by atoms with van der Waals surface area (Å²) < 4.78 is 18.8. The second kappa shape index (κ2) is 5.71. The summed E-state index contributed by atoms with van der Waals surface area (Å²) in [4.78, 5) is 4.44. The highest BCUT2D eigenvalue weighted by molar-refractivity contribution is 5.59. The molecule has 2 rings (SSSR count). The van der Waals surface area contributed by atoms with Gasteiger partial charge in [0.1, 0.15) is 5.82 Å². The molecule has 0 saturated heterocycles. The zero-order valence-electron chi connectivity index (χ0n) is 12.1. The van der Waals surface area contributed by atoms with E-state index < -0.39 is 0 Å². The van der Waals surface area contributed by atoms with Crippen LogP contribution < -0.4 is 5.73 Å². The largest absolute Gasteiger partial charge is 0.338 e. The topological polar surface area (TPSA) is 64.9 Å². The highest BCUT2D eigenvalue weighted by Gasteiger charge is 2.33. The summed E-state index contributed by atoms with van der Waals surface area (Å²) in [7, 11) is 0. The van der Waals surface area contributed by atoms with Gasteiger partial charge in [-0.25, -0.2) is 4.39 Å². The Labute approximate surface area is 118 Å². The summed E-state index contributed by atoms with van der Waals surface area (Å²) in [5, 5.41) is 3.99. The molecule has 0 radical (unpaired) electrons. The second-order valence-electron chi connectivity index (χ2n) is 5.07. The molecule has 0 saturated carbocycles. The molecule has 1 heterocycles. The minimum Gasteiger partial charge on any atom is -0.338 e. The highest BCUT2D eigenvalue weighted by atomic mass is 19.1. The fourth-order valence-corrected chi connectivity index (χ4v) is 2.31. The summed E-state index contributed by atoms with van der Waals surface area (Å²) in [6, 6.07) is 4.55. The van der Waals surface area contributed by atoms with Crippen LogP contribution in [0.15, 0.2) is 22.7 Å². The maximum Gasteiger partial charge on any atom is 0.234 e. The Kier molecular flexibility index (Phi) is 4.18. The van der Waals surface area contributed by atoms with Gasteiger partial charge < -0.3 is 10.3 Å². The van der Waals surface area contributed by atoms with Crippen molar-refractivity contribution in [2.45, 2.75) is 39.0 Å². The van der Waals surface area contributed by atoms with E-state index in [-0.39, 0.29) is 11.2 Å². The Morgan fingerprint density at radius 1 is 1.30 bits per heavy atom. The summed E-state index contributed by atoms with van der Waals surface area (Å²) in [5.74, 6) is 0.633. The number of hydrogen-bond acceptors (Lipinski definition) is 4. The third-order valence-corrected chi connectivity index (χ3v) is 4.06. The fraction of sp³-hybridized carbons (Fsp3) is 0.467. The summed E-state index contributed by atoms with van der Waals surface area (Å²) in [6.45, 7) is 6.44. The molecule has 2 aromatic rings. The van der Waals surface area contributed by atoms with Crippen molar-refractivity contribution in [1.29, 1.82) is 0 Å². The average Bonchev–Trinajstić information content (AvgIpc) is 2.94. The van der Waals surface area contributed by atoms with E-state index in [0.717, 1.165) is 18.4 Å². The van der Waals surface area contributed by atoms with Crippen molar-refractivity contribution in [2.24, 2.45) is 5.73 Å². The van der Waals surface area contributed by atoms with Crippen molar-refractivity contribution in [1.82, 2.24) is 10.1 Å². The maximum atomic E-state index is 13.4. The zero-order valence-corrected chi connectivity index (χ0v) is 12.1. The molecule has 0 bridgehead atoms. The molecule has 2 N–H and O–H groups in total. The van der Waals surface area contributed by atoms with Gasteiger partial charge >= 0.3 is 0 Å². The number of aromatic nitrogens is 2. The predicted molar refractivity (Wildman–Crippen MR) is 75.7 cm³/mol. The summed E-state index contributed by atoms with van der Waals surface area (Å²) in [5.41, 5.74) is 7.13. The van der Waals surface area contributed by atoms with E-state index in [9.17, 15) is 4.39 Å². The molecule has 0 spiro atoms. The molecule has 4 nitrogen and oxygen atoms in total. The Hall–Kier alpha value is -1.75. The lowest BCUT2D eigenvalue weighted by atomic mass is 9.82. The van der Waals surface area contributed by atoms with Gasteiger partial charge in [0.15, 0.2) is 0 Å². The first-order valence-electron chi connectivity index (χ1n) is 6.87. The summed E-state index contributed by atoms with van der Waals surface area (Å²) >= 11 is 0. The van der Waals surface area contributed by atoms with E-state index in [4.69, 9.17) is 10.3 Å².